The lowest BCUT2D eigenvalue weighted by Crippen LogP contribution is -2.28. The van der Waals surface area contributed by atoms with Gasteiger partial charge in [-0.3, -0.25) is 14.2 Å². The number of hydrogen-bond acceptors (Lipinski definition) is 4. The number of nitrogens with zero attached hydrogens (tertiary/aromatic N) is 4. The summed E-state index contributed by atoms with van der Waals surface area (Å²) in [5.74, 6) is -1.70. The maximum absolute atomic E-state index is 12.3. The predicted molar refractivity (Wildman–Crippen MR) is 78.7 cm³/mol. The Hall–Kier alpha value is -2.64. The van der Waals surface area contributed by atoms with Crippen LogP contribution in [0.4, 0.5) is 0 Å². The zero-order valence-electron chi connectivity index (χ0n) is 13.0. The number of carboxylic acid groups (broad SMARTS) is 1. The SMILES string of the molecule is CCn1ncc(C(C)NC(=O)c2nn(C)cc2C(=O)O)c1C. The molecule has 0 aliphatic heterocycles. The van der Waals surface area contributed by atoms with Crippen LogP contribution >= 0.6 is 0 Å². The Morgan fingerprint density at radius 1 is 1.45 bits per heavy atom. The minimum Gasteiger partial charge on any atom is -0.478 e. The summed E-state index contributed by atoms with van der Waals surface area (Å²) >= 11 is 0. The minimum absolute atomic E-state index is 0.0950. The Morgan fingerprint density at radius 2 is 2.14 bits per heavy atom. The van der Waals surface area contributed by atoms with Gasteiger partial charge in [-0.05, 0) is 20.8 Å². The van der Waals surface area contributed by atoms with Gasteiger partial charge in [0.25, 0.3) is 5.91 Å². The Kier molecular flexibility index (Phi) is 4.30. The second kappa shape index (κ2) is 6.00. The molecule has 0 spiro atoms. The van der Waals surface area contributed by atoms with E-state index in [0.717, 1.165) is 17.8 Å². The van der Waals surface area contributed by atoms with Crippen molar-refractivity contribution in [1.29, 1.82) is 0 Å². The van der Waals surface area contributed by atoms with Crippen molar-refractivity contribution in [2.24, 2.45) is 7.05 Å². The number of aromatic carboxylic acids is 1. The summed E-state index contributed by atoms with van der Waals surface area (Å²) in [5.41, 5.74) is 1.65. The molecule has 2 aromatic heterocycles. The van der Waals surface area contributed by atoms with Crippen molar-refractivity contribution in [3.8, 4) is 0 Å². The maximum Gasteiger partial charge on any atom is 0.339 e. The van der Waals surface area contributed by atoms with Crippen LogP contribution in [0.3, 0.4) is 0 Å². The third-order valence-electron chi connectivity index (χ3n) is 3.53. The minimum atomic E-state index is -1.18. The molecule has 8 nitrogen and oxygen atoms in total. The molecule has 1 atom stereocenters. The van der Waals surface area contributed by atoms with Gasteiger partial charge in [0.2, 0.25) is 0 Å². The molecule has 2 heterocycles. The first-order valence-corrected chi connectivity index (χ1v) is 6.95. The van der Waals surface area contributed by atoms with Gasteiger partial charge >= 0.3 is 5.97 Å². The second-order valence-electron chi connectivity index (χ2n) is 5.07. The van der Waals surface area contributed by atoms with Crippen LogP contribution in [-0.4, -0.2) is 36.5 Å². The number of rotatable bonds is 5. The van der Waals surface area contributed by atoms with Crippen LogP contribution in [-0.2, 0) is 13.6 Å². The Bertz CT molecular complexity index is 716. The van der Waals surface area contributed by atoms with Crippen LogP contribution < -0.4 is 5.32 Å². The summed E-state index contributed by atoms with van der Waals surface area (Å²) < 4.78 is 3.14. The number of carbonyl (C=O) groups is 2. The molecule has 118 valence electrons. The molecule has 1 amide bonds. The third kappa shape index (κ3) is 2.85. The van der Waals surface area contributed by atoms with Gasteiger partial charge in [-0.25, -0.2) is 4.79 Å². The molecule has 0 saturated carbocycles. The van der Waals surface area contributed by atoms with E-state index in [2.05, 4.69) is 15.5 Å². The summed E-state index contributed by atoms with van der Waals surface area (Å²) in [6.45, 7) is 6.49. The lowest BCUT2D eigenvalue weighted by molar-refractivity contribution is 0.0690. The molecule has 0 radical (unpaired) electrons. The van der Waals surface area contributed by atoms with Crippen LogP contribution in [0, 0.1) is 6.92 Å². The first-order valence-electron chi connectivity index (χ1n) is 6.95. The normalized spacial score (nSPS) is 12.2. The molecule has 0 aliphatic carbocycles. The van der Waals surface area contributed by atoms with Gasteiger partial charge in [0, 0.05) is 31.0 Å². The molecule has 8 heteroatoms. The van der Waals surface area contributed by atoms with E-state index in [1.165, 1.54) is 10.9 Å². The van der Waals surface area contributed by atoms with Crippen LogP contribution in [0.25, 0.3) is 0 Å². The molecular formula is C14H19N5O3. The van der Waals surface area contributed by atoms with E-state index in [0.29, 0.717) is 0 Å². The van der Waals surface area contributed by atoms with Crippen molar-refractivity contribution < 1.29 is 14.7 Å². The van der Waals surface area contributed by atoms with Crippen molar-refractivity contribution in [2.75, 3.05) is 0 Å². The molecule has 1 unspecified atom stereocenters. The fraction of sp³-hybridized carbons (Fsp3) is 0.429. The lowest BCUT2D eigenvalue weighted by Gasteiger charge is -2.13. The number of carboxylic acids is 1. The molecular weight excluding hydrogens is 286 g/mol. The van der Waals surface area contributed by atoms with Crippen LogP contribution in [0.2, 0.25) is 0 Å². The highest BCUT2D eigenvalue weighted by Crippen LogP contribution is 2.18. The lowest BCUT2D eigenvalue weighted by atomic mass is 10.1. The van der Waals surface area contributed by atoms with Crippen molar-refractivity contribution in [3.63, 3.8) is 0 Å². The standard InChI is InChI=1S/C14H19N5O3/c1-5-19-9(3)10(6-15-19)8(2)16-13(20)12-11(14(21)22)7-18(4)17-12/h6-8H,5H2,1-4H3,(H,16,20)(H,21,22). The van der Waals surface area contributed by atoms with Gasteiger partial charge in [-0.2, -0.15) is 10.2 Å². The van der Waals surface area contributed by atoms with Crippen molar-refractivity contribution >= 4 is 11.9 Å². The van der Waals surface area contributed by atoms with E-state index in [1.807, 2.05) is 25.5 Å². The van der Waals surface area contributed by atoms with E-state index >= 15 is 0 Å². The highest BCUT2D eigenvalue weighted by molar-refractivity contribution is 6.03. The van der Waals surface area contributed by atoms with Crippen molar-refractivity contribution in [1.82, 2.24) is 24.9 Å². The number of aromatic nitrogens is 4. The predicted octanol–water partition coefficient (Wildman–Crippen LogP) is 1.13. The first-order chi connectivity index (χ1) is 10.3. The number of amides is 1. The Balaban J connectivity index is 2.21. The van der Waals surface area contributed by atoms with E-state index < -0.39 is 11.9 Å². The molecule has 2 N–H and O–H groups in total. The number of nitrogens with one attached hydrogen (secondary N) is 1. The van der Waals surface area contributed by atoms with Gasteiger partial charge < -0.3 is 10.4 Å². The fourth-order valence-electron chi connectivity index (χ4n) is 2.36. The van der Waals surface area contributed by atoms with Crippen molar-refractivity contribution in [2.45, 2.75) is 33.4 Å². The zero-order chi connectivity index (χ0) is 16.4. The average Bonchev–Trinajstić information content (AvgIpc) is 3.01. The fourth-order valence-corrected chi connectivity index (χ4v) is 2.36. The molecule has 0 fully saturated rings. The maximum atomic E-state index is 12.3. The summed E-state index contributed by atoms with van der Waals surface area (Å²) in [7, 11) is 1.57. The number of aryl methyl sites for hydroxylation is 2. The molecule has 2 aromatic rings. The second-order valence-corrected chi connectivity index (χ2v) is 5.07. The highest BCUT2D eigenvalue weighted by Gasteiger charge is 2.23. The summed E-state index contributed by atoms with van der Waals surface area (Å²) in [6.07, 6.45) is 3.02. The molecule has 2 rings (SSSR count). The van der Waals surface area contributed by atoms with Gasteiger partial charge in [0.1, 0.15) is 5.56 Å². The van der Waals surface area contributed by atoms with Crippen LogP contribution in [0.15, 0.2) is 12.4 Å². The first kappa shape index (κ1) is 15.7. The van der Waals surface area contributed by atoms with E-state index in [9.17, 15) is 9.59 Å². The number of carbonyl (C=O) groups excluding carboxylic acids is 1. The quantitative estimate of drug-likeness (QED) is 0.862. The average molecular weight is 305 g/mol. The summed E-state index contributed by atoms with van der Waals surface area (Å²) in [4.78, 5) is 23.4. The van der Waals surface area contributed by atoms with Gasteiger partial charge in [-0.1, -0.05) is 0 Å². The number of hydrogen-bond donors (Lipinski definition) is 2. The molecule has 0 saturated heterocycles. The summed E-state index contributed by atoms with van der Waals surface area (Å²) in [6, 6.07) is -0.295. The highest BCUT2D eigenvalue weighted by atomic mass is 16.4. The Labute approximate surface area is 127 Å². The van der Waals surface area contributed by atoms with Crippen LogP contribution in [0.5, 0.6) is 0 Å². The van der Waals surface area contributed by atoms with Gasteiger partial charge in [-0.15, -0.1) is 0 Å². The molecule has 0 aromatic carbocycles. The zero-order valence-corrected chi connectivity index (χ0v) is 13.0. The molecule has 22 heavy (non-hydrogen) atoms. The van der Waals surface area contributed by atoms with Gasteiger partial charge in [0.15, 0.2) is 5.69 Å². The molecule has 0 bridgehead atoms. The Morgan fingerprint density at radius 3 is 2.68 bits per heavy atom. The van der Waals surface area contributed by atoms with E-state index in [4.69, 9.17) is 5.11 Å². The van der Waals surface area contributed by atoms with E-state index in [-0.39, 0.29) is 17.3 Å². The third-order valence-corrected chi connectivity index (χ3v) is 3.53. The summed E-state index contributed by atoms with van der Waals surface area (Å²) in [5, 5.41) is 20.0. The topological polar surface area (TPSA) is 102 Å². The largest absolute Gasteiger partial charge is 0.478 e. The monoisotopic (exact) mass is 305 g/mol. The molecule has 0 aliphatic rings. The smallest absolute Gasteiger partial charge is 0.339 e. The van der Waals surface area contributed by atoms with Crippen LogP contribution in [0.1, 0.15) is 52.0 Å². The van der Waals surface area contributed by atoms with Crippen molar-refractivity contribution in [3.05, 3.63) is 34.9 Å². The van der Waals surface area contributed by atoms with E-state index in [1.54, 1.807) is 13.2 Å². The van der Waals surface area contributed by atoms with Gasteiger partial charge in [0.05, 0.1) is 12.2 Å².